The number of aryl methyl sites for hydroxylation is 2. The van der Waals surface area contributed by atoms with Gasteiger partial charge < -0.3 is 14.6 Å². The third-order valence-electron chi connectivity index (χ3n) is 4.55. The number of imidazole rings is 1. The molecule has 0 aliphatic heterocycles. The number of nitrogens with zero attached hydrogens (tertiary/aromatic N) is 5. The Morgan fingerprint density at radius 2 is 1.91 bits per heavy atom. The Bertz CT molecular complexity index is 1260. The number of aromatic nitrogens is 5. The number of hydrogen-bond donors (Lipinski definition) is 1. The lowest BCUT2D eigenvalue weighted by molar-refractivity contribution is -0.274. The molecule has 0 saturated carbocycles. The van der Waals surface area contributed by atoms with Crippen molar-refractivity contribution in [2.24, 2.45) is 7.05 Å². The minimum Gasteiger partial charge on any atom is -0.406 e. The standard InChI is InChI=1S/C21H17F3N6O2/c1-13-19(29(2)12-25-13)18-11-30(28-27-18)16-7-3-5-14(9-16)20(31)26-15-6-4-8-17(10-15)32-21(22,23)24/h3-12H,1-2H3,(H,26,31). The minimum atomic E-state index is -4.82. The fourth-order valence-corrected chi connectivity index (χ4v) is 3.18. The van der Waals surface area contributed by atoms with E-state index in [9.17, 15) is 18.0 Å². The summed E-state index contributed by atoms with van der Waals surface area (Å²) in [5, 5.41) is 10.9. The Labute approximate surface area is 180 Å². The van der Waals surface area contributed by atoms with Crippen LogP contribution in [0.25, 0.3) is 17.1 Å². The van der Waals surface area contributed by atoms with Gasteiger partial charge in [0.25, 0.3) is 5.91 Å². The second-order valence-corrected chi connectivity index (χ2v) is 6.92. The normalized spacial score (nSPS) is 11.4. The monoisotopic (exact) mass is 442 g/mol. The van der Waals surface area contributed by atoms with E-state index in [4.69, 9.17) is 0 Å². The number of hydrogen-bond acceptors (Lipinski definition) is 5. The van der Waals surface area contributed by atoms with Crippen molar-refractivity contribution in [3.63, 3.8) is 0 Å². The second kappa shape index (κ2) is 8.17. The summed E-state index contributed by atoms with van der Waals surface area (Å²) >= 11 is 0. The van der Waals surface area contributed by atoms with Crippen LogP contribution in [0, 0.1) is 6.92 Å². The molecule has 11 heteroatoms. The molecule has 0 atom stereocenters. The molecule has 0 fully saturated rings. The maximum Gasteiger partial charge on any atom is 0.573 e. The molecule has 2 heterocycles. The van der Waals surface area contributed by atoms with Gasteiger partial charge in [-0.15, -0.1) is 18.3 Å². The zero-order valence-electron chi connectivity index (χ0n) is 17.0. The van der Waals surface area contributed by atoms with Gasteiger partial charge in [0.05, 0.1) is 29.6 Å². The molecule has 4 aromatic rings. The number of carbonyl (C=O) groups excluding carboxylic acids is 1. The molecule has 2 aromatic heterocycles. The van der Waals surface area contributed by atoms with Gasteiger partial charge in [0, 0.05) is 24.4 Å². The first kappa shape index (κ1) is 21.1. The van der Waals surface area contributed by atoms with Crippen molar-refractivity contribution in [2.45, 2.75) is 13.3 Å². The number of halogens is 3. The lowest BCUT2D eigenvalue weighted by Gasteiger charge is -2.11. The van der Waals surface area contributed by atoms with Crippen molar-refractivity contribution in [1.82, 2.24) is 24.5 Å². The van der Waals surface area contributed by atoms with Crippen molar-refractivity contribution in [3.8, 4) is 22.8 Å². The molecule has 2 aromatic carbocycles. The number of benzene rings is 2. The molecule has 0 aliphatic carbocycles. The fourth-order valence-electron chi connectivity index (χ4n) is 3.18. The maximum atomic E-state index is 12.6. The van der Waals surface area contributed by atoms with E-state index < -0.39 is 18.0 Å². The maximum absolute atomic E-state index is 12.6. The summed E-state index contributed by atoms with van der Waals surface area (Å²) < 4.78 is 44.5. The average Bonchev–Trinajstić information content (AvgIpc) is 3.33. The first-order valence-corrected chi connectivity index (χ1v) is 9.38. The van der Waals surface area contributed by atoms with Gasteiger partial charge in [-0.2, -0.15) is 0 Å². The fraction of sp³-hybridized carbons (Fsp3) is 0.143. The second-order valence-electron chi connectivity index (χ2n) is 6.92. The highest BCUT2D eigenvalue weighted by atomic mass is 19.4. The minimum absolute atomic E-state index is 0.164. The Balaban J connectivity index is 1.54. The summed E-state index contributed by atoms with van der Waals surface area (Å²) in [5.74, 6) is -0.927. The van der Waals surface area contributed by atoms with Crippen LogP contribution < -0.4 is 10.1 Å². The number of amides is 1. The Kier molecular flexibility index (Phi) is 5.39. The molecule has 4 rings (SSSR count). The van der Waals surface area contributed by atoms with E-state index in [0.29, 0.717) is 16.9 Å². The molecule has 0 spiro atoms. The van der Waals surface area contributed by atoms with Crippen molar-refractivity contribution < 1.29 is 22.7 Å². The quantitative estimate of drug-likeness (QED) is 0.502. The van der Waals surface area contributed by atoms with Gasteiger partial charge in [-0.3, -0.25) is 4.79 Å². The number of alkyl halides is 3. The Morgan fingerprint density at radius 3 is 2.62 bits per heavy atom. The highest BCUT2D eigenvalue weighted by Crippen LogP contribution is 2.25. The lowest BCUT2D eigenvalue weighted by atomic mass is 10.2. The highest BCUT2D eigenvalue weighted by molar-refractivity contribution is 6.04. The molecule has 0 bridgehead atoms. The molecule has 164 valence electrons. The highest BCUT2D eigenvalue weighted by Gasteiger charge is 2.31. The van der Waals surface area contributed by atoms with Crippen LogP contribution in [0.5, 0.6) is 5.75 Å². The third kappa shape index (κ3) is 4.61. The molecular formula is C21H17F3N6O2. The van der Waals surface area contributed by atoms with Crippen LogP contribution in [0.1, 0.15) is 16.1 Å². The van der Waals surface area contributed by atoms with E-state index in [1.54, 1.807) is 36.8 Å². The first-order valence-electron chi connectivity index (χ1n) is 9.38. The van der Waals surface area contributed by atoms with E-state index in [2.05, 4.69) is 25.3 Å². The van der Waals surface area contributed by atoms with Crippen LogP contribution >= 0.6 is 0 Å². The van der Waals surface area contributed by atoms with E-state index in [0.717, 1.165) is 23.5 Å². The first-order chi connectivity index (χ1) is 15.2. The van der Waals surface area contributed by atoms with Gasteiger partial charge in [0.2, 0.25) is 0 Å². The van der Waals surface area contributed by atoms with E-state index in [1.165, 1.54) is 16.8 Å². The summed E-state index contributed by atoms with van der Waals surface area (Å²) in [6.07, 6.45) is -1.41. The third-order valence-corrected chi connectivity index (χ3v) is 4.55. The van der Waals surface area contributed by atoms with Gasteiger partial charge in [0.15, 0.2) is 0 Å². The summed E-state index contributed by atoms with van der Waals surface area (Å²) in [7, 11) is 1.86. The molecule has 8 nitrogen and oxygen atoms in total. The molecule has 1 N–H and O–H groups in total. The molecule has 32 heavy (non-hydrogen) atoms. The number of anilines is 1. The van der Waals surface area contributed by atoms with Gasteiger partial charge in [0.1, 0.15) is 11.4 Å². The summed E-state index contributed by atoms with van der Waals surface area (Å²) in [4.78, 5) is 16.9. The molecular weight excluding hydrogens is 425 g/mol. The molecule has 0 aliphatic rings. The number of rotatable bonds is 5. The predicted octanol–water partition coefficient (Wildman–Crippen LogP) is 4.13. The van der Waals surface area contributed by atoms with Crippen LogP contribution in [0.15, 0.2) is 61.1 Å². The number of ether oxygens (including phenoxy) is 1. The van der Waals surface area contributed by atoms with Gasteiger partial charge in [-0.05, 0) is 37.3 Å². The van der Waals surface area contributed by atoms with Crippen molar-refractivity contribution in [3.05, 3.63) is 72.3 Å². The Hall–Kier alpha value is -4.15. The van der Waals surface area contributed by atoms with Crippen molar-refractivity contribution in [2.75, 3.05) is 5.32 Å². The zero-order chi connectivity index (χ0) is 22.9. The Morgan fingerprint density at radius 1 is 1.12 bits per heavy atom. The summed E-state index contributed by atoms with van der Waals surface area (Å²) in [5.41, 5.74) is 3.30. The lowest BCUT2D eigenvalue weighted by Crippen LogP contribution is -2.17. The molecule has 0 unspecified atom stereocenters. The SMILES string of the molecule is Cc1ncn(C)c1-c1cn(-c2cccc(C(=O)Nc3cccc(OC(F)(F)F)c3)c2)nn1. The smallest absolute Gasteiger partial charge is 0.406 e. The summed E-state index contributed by atoms with van der Waals surface area (Å²) in [6, 6.07) is 11.7. The van der Waals surface area contributed by atoms with Crippen LogP contribution in [0.2, 0.25) is 0 Å². The molecule has 1 amide bonds. The van der Waals surface area contributed by atoms with E-state index in [-0.39, 0.29) is 5.69 Å². The van der Waals surface area contributed by atoms with E-state index in [1.807, 2.05) is 18.5 Å². The van der Waals surface area contributed by atoms with Crippen LogP contribution in [0.4, 0.5) is 18.9 Å². The average molecular weight is 442 g/mol. The predicted molar refractivity (Wildman–Crippen MR) is 109 cm³/mol. The molecule has 0 radical (unpaired) electrons. The van der Waals surface area contributed by atoms with E-state index >= 15 is 0 Å². The number of carbonyl (C=O) groups is 1. The van der Waals surface area contributed by atoms with Crippen LogP contribution in [-0.2, 0) is 7.05 Å². The zero-order valence-corrected chi connectivity index (χ0v) is 17.0. The topological polar surface area (TPSA) is 86.9 Å². The van der Waals surface area contributed by atoms with Gasteiger partial charge in [-0.25, -0.2) is 9.67 Å². The van der Waals surface area contributed by atoms with Gasteiger partial charge in [-0.1, -0.05) is 17.3 Å². The summed E-state index contributed by atoms with van der Waals surface area (Å²) in [6.45, 7) is 1.87. The number of nitrogens with one attached hydrogen (secondary N) is 1. The van der Waals surface area contributed by atoms with Crippen LogP contribution in [-0.4, -0.2) is 36.8 Å². The van der Waals surface area contributed by atoms with Crippen LogP contribution in [0.3, 0.4) is 0 Å². The van der Waals surface area contributed by atoms with Gasteiger partial charge >= 0.3 is 6.36 Å². The molecule has 0 saturated heterocycles. The van der Waals surface area contributed by atoms with Crippen molar-refractivity contribution in [1.29, 1.82) is 0 Å². The van der Waals surface area contributed by atoms with Crippen molar-refractivity contribution >= 4 is 11.6 Å². The largest absolute Gasteiger partial charge is 0.573 e.